The molecule has 0 heterocycles. The van der Waals surface area contributed by atoms with E-state index in [4.69, 9.17) is 24.4 Å². The molecule has 0 spiro atoms. The van der Waals surface area contributed by atoms with Crippen LogP contribution < -0.4 is 15.8 Å². The average molecular weight is 450 g/mol. The maximum atomic E-state index is 5.47. The Hall–Kier alpha value is -2.26. The molecule has 0 aliphatic rings. The summed E-state index contributed by atoms with van der Waals surface area (Å²) < 4.78 is 0. The molecule has 2 N–H and O–H groups in total. The zero-order valence-electron chi connectivity index (χ0n) is 19.2. The number of nitrogens with one attached hydrogen (secondary N) is 2. The van der Waals surface area contributed by atoms with E-state index < -0.39 is 0 Å². The first-order valence-corrected chi connectivity index (χ1v) is 11.1. The summed E-state index contributed by atoms with van der Waals surface area (Å²) in [6.45, 7) is 13.4. The maximum absolute atomic E-state index is 5.47. The van der Waals surface area contributed by atoms with Crippen LogP contribution >= 0.6 is 24.4 Å². The molecule has 0 unspecified atom stereocenters. The predicted molar refractivity (Wildman–Crippen MR) is 138 cm³/mol. The van der Waals surface area contributed by atoms with Gasteiger partial charge in [-0.05, 0) is 71.2 Å². The van der Waals surface area contributed by atoms with E-state index >= 15 is 0 Å². The van der Waals surface area contributed by atoms with Crippen LogP contribution in [0.5, 0.6) is 0 Å². The Morgan fingerprint density at radius 3 is 1.63 bits per heavy atom. The van der Waals surface area contributed by atoms with Crippen LogP contribution in [-0.4, -0.2) is 71.7 Å². The number of hydrogen-bond acceptors (Lipinski definition) is 5. The van der Waals surface area contributed by atoms with Crippen molar-refractivity contribution in [2.75, 3.05) is 45.2 Å². The summed E-state index contributed by atoms with van der Waals surface area (Å²) in [6.07, 6.45) is 0. The van der Waals surface area contributed by atoms with Crippen LogP contribution in [0.1, 0.15) is 40.2 Å². The highest BCUT2D eigenvalue weighted by Crippen LogP contribution is 2.13. The quantitative estimate of drug-likeness (QED) is 0.341. The predicted octanol–water partition coefficient (Wildman–Crippen LogP) is 3.27. The van der Waals surface area contributed by atoms with Crippen molar-refractivity contribution >= 4 is 51.8 Å². The van der Waals surface area contributed by atoms with Crippen LogP contribution in [0.2, 0.25) is 0 Å². The third-order valence-electron chi connectivity index (χ3n) is 4.68. The van der Waals surface area contributed by atoms with Gasteiger partial charge in [0.15, 0.2) is 10.2 Å². The number of hydrazone groups is 2. The molecule has 0 amide bonds. The summed E-state index contributed by atoms with van der Waals surface area (Å²) in [5, 5.41) is 10.3. The van der Waals surface area contributed by atoms with Crippen molar-refractivity contribution in [2.45, 2.75) is 34.6 Å². The van der Waals surface area contributed by atoms with E-state index in [-0.39, 0.29) is 0 Å². The SMILES string of the molecule is CCN(CC)C(=S)NN=C(C)C(=NNC(=S)N(CC)CC)c1ccc(N(C)C)cc1. The molecule has 0 bridgehead atoms. The molecular weight excluding hydrogens is 414 g/mol. The minimum Gasteiger partial charge on any atom is -0.378 e. The van der Waals surface area contributed by atoms with E-state index in [0.29, 0.717) is 21.6 Å². The van der Waals surface area contributed by atoms with E-state index in [0.717, 1.165) is 37.4 Å². The summed E-state index contributed by atoms with van der Waals surface area (Å²) >= 11 is 10.9. The van der Waals surface area contributed by atoms with Crippen LogP contribution in [0.15, 0.2) is 34.5 Å². The van der Waals surface area contributed by atoms with Gasteiger partial charge in [0.05, 0.1) is 5.71 Å². The number of nitrogens with zero attached hydrogens (tertiary/aromatic N) is 5. The molecule has 9 heteroatoms. The van der Waals surface area contributed by atoms with E-state index in [1.807, 2.05) is 43.0 Å². The lowest BCUT2D eigenvalue weighted by molar-refractivity contribution is 0.457. The van der Waals surface area contributed by atoms with Crippen molar-refractivity contribution in [1.82, 2.24) is 20.7 Å². The number of anilines is 1. The third-order valence-corrected chi connectivity index (χ3v) is 5.38. The highest BCUT2D eigenvalue weighted by atomic mass is 32.1. The summed E-state index contributed by atoms with van der Waals surface area (Å²) in [7, 11) is 4.03. The molecule has 1 rings (SSSR count). The smallest absolute Gasteiger partial charge is 0.189 e. The topological polar surface area (TPSA) is 58.5 Å². The molecule has 0 saturated carbocycles. The molecule has 0 aliphatic carbocycles. The largest absolute Gasteiger partial charge is 0.378 e. The van der Waals surface area contributed by atoms with Gasteiger partial charge in [-0.25, -0.2) is 0 Å². The molecule has 0 radical (unpaired) electrons. The van der Waals surface area contributed by atoms with Gasteiger partial charge < -0.3 is 14.7 Å². The molecule has 0 aliphatic heterocycles. The molecule has 166 valence electrons. The molecular formula is C21H35N7S2. The van der Waals surface area contributed by atoms with E-state index in [1.54, 1.807) is 0 Å². The number of thiocarbonyl (C=S) groups is 2. The van der Waals surface area contributed by atoms with Gasteiger partial charge in [-0.3, -0.25) is 10.9 Å². The Balaban J connectivity index is 3.18. The van der Waals surface area contributed by atoms with Gasteiger partial charge in [-0.2, -0.15) is 10.2 Å². The zero-order valence-corrected chi connectivity index (χ0v) is 20.8. The minimum atomic E-state index is 0.585. The van der Waals surface area contributed by atoms with Gasteiger partial charge in [0.2, 0.25) is 0 Å². The average Bonchev–Trinajstić information content (AvgIpc) is 2.74. The maximum Gasteiger partial charge on any atom is 0.189 e. The van der Waals surface area contributed by atoms with Crippen LogP contribution in [0.25, 0.3) is 0 Å². The second-order valence-electron chi connectivity index (χ2n) is 6.78. The molecule has 1 aromatic carbocycles. The summed E-state index contributed by atoms with van der Waals surface area (Å²) in [5.74, 6) is 0. The molecule has 0 atom stereocenters. The fourth-order valence-electron chi connectivity index (χ4n) is 2.72. The summed E-state index contributed by atoms with van der Waals surface area (Å²) in [5.41, 5.74) is 9.45. The van der Waals surface area contributed by atoms with Gasteiger partial charge in [-0.15, -0.1) is 0 Å². The van der Waals surface area contributed by atoms with E-state index in [9.17, 15) is 0 Å². The third kappa shape index (κ3) is 7.53. The first-order chi connectivity index (χ1) is 14.3. The standard InChI is InChI=1S/C21H35N7S2/c1-8-27(9-2)20(29)24-22-16(5)19(23-25-21(30)28(10-3)11-4)17-12-14-18(15-13-17)26(6)7/h12-15H,8-11H2,1-7H3,(H,24,29)(H,25,30). The van der Waals surface area contributed by atoms with Crippen molar-refractivity contribution < 1.29 is 0 Å². The second-order valence-corrected chi connectivity index (χ2v) is 7.55. The minimum absolute atomic E-state index is 0.585. The van der Waals surface area contributed by atoms with Crippen LogP contribution in [-0.2, 0) is 0 Å². The number of hydrogen-bond donors (Lipinski definition) is 2. The first kappa shape index (κ1) is 25.8. The zero-order chi connectivity index (χ0) is 22.7. The first-order valence-electron chi connectivity index (χ1n) is 10.3. The van der Waals surface area contributed by atoms with Crippen molar-refractivity contribution in [3.05, 3.63) is 29.8 Å². The van der Waals surface area contributed by atoms with Gasteiger partial charge in [0.1, 0.15) is 5.71 Å². The molecule has 0 saturated heterocycles. The Labute approximate surface area is 192 Å². The summed E-state index contributed by atoms with van der Waals surface area (Å²) in [6, 6.07) is 8.15. The highest BCUT2D eigenvalue weighted by Gasteiger charge is 2.12. The molecule has 1 aromatic rings. The lowest BCUT2D eigenvalue weighted by Crippen LogP contribution is -2.39. The summed E-state index contributed by atoms with van der Waals surface area (Å²) in [4.78, 5) is 6.12. The van der Waals surface area contributed by atoms with Crippen molar-refractivity contribution in [3.63, 3.8) is 0 Å². The van der Waals surface area contributed by atoms with Gasteiger partial charge in [-0.1, -0.05) is 12.1 Å². The normalized spacial score (nSPS) is 11.7. The Morgan fingerprint density at radius 2 is 1.23 bits per heavy atom. The van der Waals surface area contributed by atoms with Gasteiger partial charge in [0.25, 0.3) is 0 Å². The van der Waals surface area contributed by atoms with E-state index in [2.05, 4.69) is 65.8 Å². The van der Waals surface area contributed by atoms with Crippen LogP contribution in [0, 0.1) is 0 Å². The fourth-order valence-corrected chi connectivity index (χ4v) is 3.33. The number of rotatable bonds is 9. The number of benzene rings is 1. The lowest BCUT2D eigenvalue weighted by atomic mass is 10.1. The molecule has 30 heavy (non-hydrogen) atoms. The van der Waals surface area contributed by atoms with Gasteiger partial charge in [0, 0.05) is 51.5 Å². The second kappa shape index (κ2) is 13.1. The Kier molecular flexibility index (Phi) is 11.3. The van der Waals surface area contributed by atoms with Crippen molar-refractivity contribution in [2.24, 2.45) is 10.2 Å². The Morgan fingerprint density at radius 1 is 0.800 bits per heavy atom. The Bertz CT molecular complexity index is 749. The van der Waals surface area contributed by atoms with Gasteiger partial charge >= 0.3 is 0 Å². The lowest BCUT2D eigenvalue weighted by Gasteiger charge is -2.21. The van der Waals surface area contributed by atoms with E-state index in [1.165, 1.54) is 0 Å². The molecule has 0 fully saturated rings. The van der Waals surface area contributed by atoms with Crippen LogP contribution in [0.4, 0.5) is 5.69 Å². The molecule has 7 nitrogen and oxygen atoms in total. The monoisotopic (exact) mass is 449 g/mol. The fraction of sp³-hybridized carbons (Fsp3) is 0.524. The van der Waals surface area contributed by atoms with Crippen molar-refractivity contribution in [1.29, 1.82) is 0 Å². The van der Waals surface area contributed by atoms with Crippen LogP contribution in [0.3, 0.4) is 0 Å². The molecule has 0 aromatic heterocycles. The highest BCUT2D eigenvalue weighted by molar-refractivity contribution is 7.80. The van der Waals surface area contributed by atoms with Crippen molar-refractivity contribution in [3.8, 4) is 0 Å².